The van der Waals surface area contributed by atoms with Gasteiger partial charge in [0, 0.05) is 17.8 Å². The Morgan fingerprint density at radius 1 is 1.15 bits per heavy atom. The van der Waals surface area contributed by atoms with Gasteiger partial charge in [-0.15, -0.1) is 0 Å². The van der Waals surface area contributed by atoms with E-state index in [-0.39, 0.29) is 17.9 Å². The number of benzene rings is 1. The zero-order valence-corrected chi connectivity index (χ0v) is 16.7. The minimum Gasteiger partial charge on any atom is -0.508 e. The van der Waals surface area contributed by atoms with E-state index in [1.807, 2.05) is 24.3 Å². The van der Waals surface area contributed by atoms with E-state index < -0.39 is 0 Å². The highest BCUT2D eigenvalue weighted by Crippen LogP contribution is 2.31. The average molecular weight is 360 g/mol. The van der Waals surface area contributed by atoms with Crippen LogP contribution in [0.1, 0.15) is 65.9 Å². The monoisotopic (exact) mass is 360 g/mol. The topological polar surface area (TPSA) is 54.3 Å². The lowest BCUT2D eigenvalue weighted by atomic mass is 9.98. The number of hydrogen-bond donors (Lipinski definition) is 1. The second-order valence-corrected chi connectivity index (χ2v) is 6.41. The van der Waals surface area contributed by atoms with Crippen molar-refractivity contribution in [2.24, 2.45) is 4.99 Å². The molecule has 1 unspecified atom stereocenters. The number of nitrogens with zero attached hydrogens (tertiary/aromatic N) is 2. The van der Waals surface area contributed by atoms with Crippen LogP contribution in [0, 0.1) is 0 Å². The summed E-state index contributed by atoms with van der Waals surface area (Å²) in [5, 5.41) is 11.8. The number of ether oxygens (including phenoxy) is 1. The van der Waals surface area contributed by atoms with Crippen LogP contribution in [-0.2, 0) is 4.84 Å². The molecule has 0 spiro atoms. The van der Waals surface area contributed by atoms with Gasteiger partial charge in [0.1, 0.15) is 11.5 Å². The molecule has 1 N–H and O–H groups in total. The van der Waals surface area contributed by atoms with Crippen LogP contribution in [0.25, 0.3) is 0 Å². The number of phenols is 1. The molecule has 5 nitrogen and oxygen atoms in total. The molecule has 1 aliphatic rings. The van der Waals surface area contributed by atoms with Gasteiger partial charge in [-0.2, -0.15) is 0 Å². The van der Waals surface area contributed by atoms with Crippen LogP contribution in [-0.4, -0.2) is 34.6 Å². The molecular formula is C21H32N2O3. The summed E-state index contributed by atoms with van der Waals surface area (Å²) in [7, 11) is 0. The van der Waals surface area contributed by atoms with E-state index in [4.69, 9.17) is 14.6 Å². The molecule has 1 aliphatic heterocycles. The van der Waals surface area contributed by atoms with E-state index in [0.29, 0.717) is 12.4 Å². The Balaban J connectivity index is 2.46. The summed E-state index contributed by atoms with van der Waals surface area (Å²) in [6, 6.07) is 5.23. The first-order valence-corrected chi connectivity index (χ1v) is 9.78. The number of hydroxylamine groups is 2. The second kappa shape index (κ2) is 9.62. The van der Waals surface area contributed by atoms with Crippen LogP contribution in [0.15, 0.2) is 35.1 Å². The molecule has 144 valence electrons. The lowest BCUT2D eigenvalue weighted by Gasteiger charge is -2.36. The van der Waals surface area contributed by atoms with E-state index in [9.17, 15) is 5.11 Å². The highest BCUT2D eigenvalue weighted by molar-refractivity contribution is 6.07. The zero-order chi connectivity index (χ0) is 19.1. The molecule has 0 fully saturated rings. The minimum absolute atomic E-state index is 0.00893. The van der Waals surface area contributed by atoms with E-state index in [0.717, 1.165) is 42.7 Å². The van der Waals surface area contributed by atoms with Crippen molar-refractivity contribution in [3.8, 4) is 11.5 Å². The maximum atomic E-state index is 9.85. The van der Waals surface area contributed by atoms with Crippen LogP contribution in [0.3, 0.4) is 0 Å². The highest BCUT2D eigenvalue weighted by Gasteiger charge is 2.30. The van der Waals surface area contributed by atoms with E-state index in [2.05, 4.69) is 27.7 Å². The third kappa shape index (κ3) is 4.58. The lowest BCUT2D eigenvalue weighted by molar-refractivity contribution is -0.179. The Bertz CT molecular complexity index is 651. The van der Waals surface area contributed by atoms with Crippen molar-refractivity contribution in [2.45, 2.75) is 72.4 Å². The third-order valence-electron chi connectivity index (χ3n) is 4.63. The second-order valence-electron chi connectivity index (χ2n) is 6.41. The fourth-order valence-electron chi connectivity index (χ4n) is 3.11. The first-order valence-electron chi connectivity index (χ1n) is 9.78. The van der Waals surface area contributed by atoms with Crippen LogP contribution in [0.5, 0.6) is 11.5 Å². The quantitative estimate of drug-likeness (QED) is 0.670. The molecule has 0 amide bonds. The highest BCUT2D eigenvalue weighted by atomic mass is 16.7. The molecule has 2 rings (SSSR count). The zero-order valence-electron chi connectivity index (χ0n) is 16.7. The van der Waals surface area contributed by atoms with Crippen LogP contribution >= 0.6 is 0 Å². The number of rotatable bonds is 9. The molecule has 0 aliphatic carbocycles. The molecule has 0 aromatic heterocycles. The van der Waals surface area contributed by atoms with Crippen molar-refractivity contribution in [3.05, 3.63) is 35.7 Å². The molecular weight excluding hydrogens is 328 g/mol. The van der Waals surface area contributed by atoms with Crippen molar-refractivity contribution >= 4 is 5.71 Å². The summed E-state index contributed by atoms with van der Waals surface area (Å²) in [6.07, 6.45) is 5.83. The maximum Gasteiger partial charge on any atom is 0.132 e. The molecule has 1 aromatic carbocycles. The Kier molecular flexibility index (Phi) is 7.51. The van der Waals surface area contributed by atoms with Crippen molar-refractivity contribution in [1.29, 1.82) is 0 Å². The van der Waals surface area contributed by atoms with Gasteiger partial charge in [-0.3, -0.25) is 14.9 Å². The SMILES string of the molecule is CCOc1cc(O)ccc1C1=NC(CC)=CN(OC(CC)CC)C1CC. The van der Waals surface area contributed by atoms with Crippen LogP contribution in [0.4, 0.5) is 0 Å². The standard InChI is InChI=1S/C21H32N2O3/c1-6-15-14-23(26-17(7-2)8-3)19(9-4)21(22-15)18-12-11-16(24)13-20(18)25-10-5/h11-14,17,19,24H,6-10H2,1-5H3. The first-order chi connectivity index (χ1) is 12.6. The van der Waals surface area contributed by atoms with Crippen molar-refractivity contribution in [1.82, 2.24) is 5.06 Å². The summed E-state index contributed by atoms with van der Waals surface area (Å²) >= 11 is 0. The molecule has 1 atom stereocenters. The number of aliphatic imine (C=N–C) groups is 1. The molecule has 0 saturated carbocycles. The molecule has 0 saturated heterocycles. The minimum atomic E-state index is 0.00893. The first kappa shape index (κ1) is 20.3. The predicted octanol–water partition coefficient (Wildman–Crippen LogP) is 5.05. The Morgan fingerprint density at radius 2 is 1.88 bits per heavy atom. The molecule has 1 heterocycles. The van der Waals surface area contributed by atoms with Crippen LogP contribution < -0.4 is 4.74 Å². The summed E-state index contributed by atoms with van der Waals surface area (Å²) in [6.45, 7) is 11.0. The van der Waals surface area contributed by atoms with Gasteiger partial charge >= 0.3 is 0 Å². The lowest BCUT2D eigenvalue weighted by Crippen LogP contribution is -2.42. The van der Waals surface area contributed by atoms with E-state index in [1.54, 1.807) is 12.1 Å². The molecule has 5 heteroatoms. The van der Waals surface area contributed by atoms with E-state index in [1.165, 1.54) is 0 Å². The van der Waals surface area contributed by atoms with Gasteiger partial charge in [-0.05, 0) is 44.7 Å². The smallest absolute Gasteiger partial charge is 0.132 e. The van der Waals surface area contributed by atoms with Gasteiger partial charge in [0.15, 0.2) is 0 Å². The fourth-order valence-corrected chi connectivity index (χ4v) is 3.11. The average Bonchev–Trinajstić information content (AvgIpc) is 2.65. The van der Waals surface area contributed by atoms with Crippen molar-refractivity contribution < 1.29 is 14.7 Å². The predicted molar refractivity (Wildman–Crippen MR) is 106 cm³/mol. The van der Waals surface area contributed by atoms with Gasteiger partial charge in [0.25, 0.3) is 0 Å². The summed E-state index contributed by atoms with van der Waals surface area (Å²) in [4.78, 5) is 11.2. The fraction of sp³-hybridized carbons (Fsp3) is 0.571. The summed E-state index contributed by atoms with van der Waals surface area (Å²) in [5.74, 6) is 0.850. The number of phenolic OH excluding ortho intramolecular Hbond substituents is 1. The summed E-state index contributed by atoms with van der Waals surface area (Å²) < 4.78 is 5.77. The van der Waals surface area contributed by atoms with Crippen molar-refractivity contribution in [3.63, 3.8) is 0 Å². The number of hydrogen-bond acceptors (Lipinski definition) is 5. The Morgan fingerprint density at radius 3 is 2.46 bits per heavy atom. The normalized spacial score (nSPS) is 17.3. The molecule has 0 bridgehead atoms. The van der Waals surface area contributed by atoms with E-state index >= 15 is 0 Å². The van der Waals surface area contributed by atoms with Gasteiger partial charge in [-0.1, -0.05) is 27.7 Å². The van der Waals surface area contributed by atoms with Gasteiger partial charge in [0.05, 0.1) is 30.2 Å². The largest absolute Gasteiger partial charge is 0.508 e. The molecule has 1 aromatic rings. The van der Waals surface area contributed by atoms with Gasteiger partial charge < -0.3 is 9.84 Å². The Labute approximate surface area is 157 Å². The van der Waals surface area contributed by atoms with Crippen molar-refractivity contribution in [2.75, 3.05) is 6.61 Å². The molecule has 26 heavy (non-hydrogen) atoms. The Hall–Kier alpha value is -2.01. The third-order valence-corrected chi connectivity index (χ3v) is 4.63. The van der Waals surface area contributed by atoms with Gasteiger partial charge in [-0.25, -0.2) is 0 Å². The maximum absolute atomic E-state index is 9.85. The van der Waals surface area contributed by atoms with Crippen LogP contribution in [0.2, 0.25) is 0 Å². The number of allylic oxidation sites excluding steroid dienone is 1. The number of aromatic hydroxyl groups is 1. The summed E-state index contributed by atoms with van der Waals surface area (Å²) in [5.41, 5.74) is 2.82. The molecule has 0 radical (unpaired) electrons. The van der Waals surface area contributed by atoms with Gasteiger partial charge in [0.2, 0.25) is 0 Å².